The van der Waals surface area contributed by atoms with Crippen molar-refractivity contribution in [2.75, 3.05) is 6.26 Å². The summed E-state index contributed by atoms with van der Waals surface area (Å²) in [6.45, 7) is 0. The van der Waals surface area contributed by atoms with Crippen molar-refractivity contribution in [3.63, 3.8) is 0 Å². The van der Waals surface area contributed by atoms with Gasteiger partial charge in [0, 0.05) is 18.2 Å². The Hall–Kier alpha value is -1.46. The lowest BCUT2D eigenvalue weighted by Gasteiger charge is -2.18. The number of carbonyl (C=O) groups is 1. The number of benzene rings is 1. The summed E-state index contributed by atoms with van der Waals surface area (Å²) in [5.74, 6) is -0.0362. The average Bonchev–Trinajstić information content (AvgIpc) is 2.38. The molecule has 1 aromatic carbocycles. The van der Waals surface area contributed by atoms with Crippen molar-refractivity contribution >= 4 is 15.6 Å². The molecule has 0 amide bonds. The molecule has 0 aromatic heterocycles. The van der Waals surface area contributed by atoms with Crippen LogP contribution in [0.2, 0.25) is 0 Å². The van der Waals surface area contributed by atoms with Gasteiger partial charge in [-0.05, 0) is 30.5 Å². The second-order valence-electron chi connectivity index (χ2n) is 4.72. The minimum Gasteiger partial charge on any atom is -0.384 e. The van der Waals surface area contributed by atoms with Crippen LogP contribution in [0.25, 0.3) is 0 Å². The summed E-state index contributed by atoms with van der Waals surface area (Å²) in [4.78, 5) is 11.9. The van der Waals surface area contributed by atoms with E-state index in [1.54, 1.807) is 18.2 Å². The fraction of sp³-hybridized carbons (Fsp3) is 0.357. The molecule has 1 aromatic rings. The molecule has 1 unspecified atom stereocenters. The van der Waals surface area contributed by atoms with Gasteiger partial charge in [-0.1, -0.05) is 18.2 Å². The molecule has 1 aliphatic carbocycles. The molecule has 102 valence electrons. The molecule has 0 fully saturated rings. The summed E-state index contributed by atoms with van der Waals surface area (Å²) < 4.78 is 22.7. The van der Waals surface area contributed by atoms with Gasteiger partial charge in [0.1, 0.15) is 6.10 Å². The van der Waals surface area contributed by atoms with Crippen LogP contribution < -0.4 is 0 Å². The molecule has 0 saturated heterocycles. The van der Waals surface area contributed by atoms with Crippen molar-refractivity contribution in [3.8, 4) is 0 Å². The number of allylic oxidation sites excluding steroid dienone is 1. The molecule has 0 aliphatic heterocycles. The fourth-order valence-corrected chi connectivity index (χ4v) is 2.75. The largest absolute Gasteiger partial charge is 0.384 e. The van der Waals surface area contributed by atoms with Crippen LogP contribution in [0.1, 0.15) is 30.9 Å². The molecule has 5 heteroatoms. The van der Waals surface area contributed by atoms with Gasteiger partial charge in [-0.3, -0.25) is 4.79 Å². The van der Waals surface area contributed by atoms with Crippen LogP contribution in [-0.2, 0) is 14.6 Å². The number of carbonyl (C=O) groups excluding carboxylic acids is 1. The zero-order valence-corrected chi connectivity index (χ0v) is 11.5. The molecule has 0 radical (unpaired) electrons. The van der Waals surface area contributed by atoms with Gasteiger partial charge in [-0.15, -0.1) is 0 Å². The van der Waals surface area contributed by atoms with Crippen LogP contribution in [0.3, 0.4) is 0 Å². The van der Waals surface area contributed by atoms with Crippen LogP contribution in [0, 0.1) is 0 Å². The van der Waals surface area contributed by atoms with Crippen LogP contribution >= 0.6 is 0 Å². The topological polar surface area (TPSA) is 71.4 Å². The third-order valence-electron chi connectivity index (χ3n) is 3.21. The third kappa shape index (κ3) is 3.11. The van der Waals surface area contributed by atoms with Crippen LogP contribution in [0.15, 0.2) is 40.8 Å². The van der Waals surface area contributed by atoms with Gasteiger partial charge in [0.05, 0.1) is 4.90 Å². The molecular formula is C14H16O4S. The summed E-state index contributed by atoms with van der Waals surface area (Å²) in [6.07, 6.45) is 4.00. The second kappa shape index (κ2) is 5.27. The highest BCUT2D eigenvalue weighted by molar-refractivity contribution is 7.90. The number of aliphatic hydroxyl groups excluding tert-OH is 1. The van der Waals surface area contributed by atoms with Crippen molar-refractivity contribution in [3.05, 3.63) is 41.5 Å². The summed E-state index contributed by atoms with van der Waals surface area (Å²) in [6, 6.07) is 5.98. The number of hydrogen-bond acceptors (Lipinski definition) is 4. The predicted octanol–water partition coefficient (Wildman–Crippen LogP) is 1.80. The van der Waals surface area contributed by atoms with Gasteiger partial charge in [0.15, 0.2) is 15.6 Å². The SMILES string of the molecule is CS(=O)(=O)c1ccc(C(O)C2=CCCCC2=O)cc1. The zero-order chi connectivity index (χ0) is 14.0. The molecule has 19 heavy (non-hydrogen) atoms. The molecule has 0 bridgehead atoms. The maximum Gasteiger partial charge on any atom is 0.175 e. The number of aliphatic hydroxyl groups is 1. The van der Waals surface area contributed by atoms with E-state index in [9.17, 15) is 18.3 Å². The Kier molecular flexibility index (Phi) is 3.87. The quantitative estimate of drug-likeness (QED) is 0.916. The lowest BCUT2D eigenvalue weighted by Crippen LogP contribution is -2.14. The van der Waals surface area contributed by atoms with E-state index in [1.807, 2.05) is 0 Å². The Morgan fingerprint density at radius 1 is 1.21 bits per heavy atom. The number of hydrogen-bond donors (Lipinski definition) is 1. The zero-order valence-electron chi connectivity index (χ0n) is 10.7. The number of Topliss-reactive ketones (excluding diaryl/α,β-unsaturated/α-hetero) is 1. The molecule has 0 spiro atoms. The standard InChI is InChI=1S/C14H16O4S/c1-19(17,18)11-8-6-10(7-9-11)14(16)12-4-2-3-5-13(12)15/h4,6-9,14,16H,2-3,5H2,1H3. The van der Waals surface area contributed by atoms with Crippen LogP contribution in [0.4, 0.5) is 0 Å². The summed E-state index contributed by atoms with van der Waals surface area (Å²) in [7, 11) is -3.24. The van der Waals surface area contributed by atoms with Gasteiger partial charge in [0.2, 0.25) is 0 Å². The Bertz CT molecular complexity index is 611. The monoisotopic (exact) mass is 280 g/mol. The Labute approximate surface area is 112 Å². The Morgan fingerprint density at radius 3 is 2.37 bits per heavy atom. The molecule has 0 heterocycles. The first-order valence-corrected chi connectivity index (χ1v) is 8.00. The third-order valence-corrected chi connectivity index (χ3v) is 4.34. The summed E-state index contributed by atoms with van der Waals surface area (Å²) >= 11 is 0. The van der Waals surface area contributed by atoms with Crippen molar-refractivity contribution in [2.24, 2.45) is 0 Å². The average molecular weight is 280 g/mol. The fourth-order valence-electron chi connectivity index (χ4n) is 2.12. The molecular weight excluding hydrogens is 264 g/mol. The van der Waals surface area contributed by atoms with E-state index in [-0.39, 0.29) is 10.7 Å². The highest BCUT2D eigenvalue weighted by Crippen LogP contribution is 2.28. The molecule has 1 aliphatic rings. The molecule has 0 saturated carbocycles. The van der Waals surface area contributed by atoms with Gasteiger partial charge < -0.3 is 5.11 Å². The number of sulfone groups is 1. The molecule has 1 N–H and O–H groups in total. The highest BCUT2D eigenvalue weighted by atomic mass is 32.2. The van der Waals surface area contributed by atoms with Crippen molar-refractivity contribution < 1.29 is 18.3 Å². The van der Waals surface area contributed by atoms with E-state index < -0.39 is 15.9 Å². The van der Waals surface area contributed by atoms with Crippen molar-refractivity contribution in [1.82, 2.24) is 0 Å². The van der Waals surface area contributed by atoms with E-state index in [0.717, 1.165) is 19.1 Å². The maximum absolute atomic E-state index is 11.7. The van der Waals surface area contributed by atoms with E-state index in [2.05, 4.69) is 0 Å². The highest BCUT2D eigenvalue weighted by Gasteiger charge is 2.22. The predicted molar refractivity (Wildman–Crippen MR) is 71.5 cm³/mol. The number of ketones is 1. The minimum absolute atomic E-state index is 0.0362. The smallest absolute Gasteiger partial charge is 0.175 e. The summed E-state index contributed by atoms with van der Waals surface area (Å²) in [5.41, 5.74) is 0.951. The minimum atomic E-state index is -3.24. The van der Waals surface area contributed by atoms with E-state index in [0.29, 0.717) is 17.6 Å². The summed E-state index contributed by atoms with van der Waals surface area (Å²) in [5, 5.41) is 10.2. The molecule has 2 rings (SSSR count). The van der Waals surface area contributed by atoms with Gasteiger partial charge in [-0.2, -0.15) is 0 Å². The van der Waals surface area contributed by atoms with Crippen LogP contribution in [-0.4, -0.2) is 25.6 Å². The lowest BCUT2D eigenvalue weighted by atomic mass is 9.91. The lowest BCUT2D eigenvalue weighted by molar-refractivity contribution is -0.117. The van der Waals surface area contributed by atoms with Gasteiger partial charge in [0.25, 0.3) is 0 Å². The van der Waals surface area contributed by atoms with Gasteiger partial charge in [-0.25, -0.2) is 8.42 Å². The van der Waals surface area contributed by atoms with Crippen molar-refractivity contribution in [1.29, 1.82) is 0 Å². The first kappa shape index (κ1) is 14.0. The number of rotatable bonds is 3. The van der Waals surface area contributed by atoms with E-state index in [4.69, 9.17) is 0 Å². The normalized spacial score (nSPS) is 18.0. The first-order valence-electron chi connectivity index (χ1n) is 6.11. The second-order valence-corrected chi connectivity index (χ2v) is 6.73. The van der Waals surface area contributed by atoms with E-state index >= 15 is 0 Å². The van der Waals surface area contributed by atoms with E-state index in [1.165, 1.54) is 12.1 Å². The molecule has 4 nitrogen and oxygen atoms in total. The van der Waals surface area contributed by atoms with Crippen molar-refractivity contribution in [2.45, 2.75) is 30.3 Å². The first-order chi connectivity index (χ1) is 8.89. The molecule has 1 atom stereocenters. The maximum atomic E-state index is 11.7. The van der Waals surface area contributed by atoms with Crippen LogP contribution in [0.5, 0.6) is 0 Å². The Balaban J connectivity index is 2.27. The van der Waals surface area contributed by atoms with Gasteiger partial charge >= 0.3 is 0 Å². The Morgan fingerprint density at radius 2 is 1.84 bits per heavy atom.